The third kappa shape index (κ3) is 8.70. The number of rotatable bonds is 9. The minimum absolute atomic E-state index is 0.557. The third-order valence-electron chi connectivity index (χ3n) is 2.48. The Morgan fingerprint density at radius 3 is 2.43 bits per heavy atom. The van der Waals surface area contributed by atoms with Crippen LogP contribution in [0.15, 0.2) is 0 Å². The average molecular weight is 219 g/mol. The smallest absolute Gasteiger partial charge is 0.0234 e. The molecule has 0 amide bonds. The van der Waals surface area contributed by atoms with E-state index >= 15 is 0 Å². The highest BCUT2D eigenvalue weighted by molar-refractivity contribution is 7.84. The Kier molecular flexibility index (Phi) is 9.73. The van der Waals surface area contributed by atoms with Gasteiger partial charge in [0.25, 0.3) is 0 Å². The molecule has 0 saturated carbocycles. The lowest BCUT2D eigenvalue weighted by Gasteiger charge is -2.08. The van der Waals surface area contributed by atoms with Crippen molar-refractivity contribution in [2.24, 2.45) is 0 Å². The van der Waals surface area contributed by atoms with Crippen molar-refractivity contribution in [1.29, 1.82) is 0 Å². The van der Waals surface area contributed by atoms with Crippen molar-refractivity contribution < 1.29 is 4.21 Å². The molecule has 1 N–H and O–H groups in total. The first-order valence-corrected chi connectivity index (χ1v) is 7.21. The zero-order chi connectivity index (χ0) is 10.8. The first-order valence-electron chi connectivity index (χ1n) is 5.73. The zero-order valence-corrected chi connectivity index (χ0v) is 10.7. The molecule has 14 heavy (non-hydrogen) atoms. The van der Waals surface area contributed by atoms with Gasteiger partial charge in [-0.2, -0.15) is 0 Å². The molecule has 0 saturated heterocycles. The van der Waals surface area contributed by atoms with Crippen molar-refractivity contribution in [1.82, 2.24) is 5.32 Å². The lowest BCUT2D eigenvalue weighted by Crippen LogP contribution is -2.20. The van der Waals surface area contributed by atoms with Crippen molar-refractivity contribution in [2.75, 3.05) is 18.6 Å². The van der Waals surface area contributed by atoms with Crippen LogP contribution in [-0.2, 0) is 10.8 Å². The van der Waals surface area contributed by atoms with Crippen LogP contribution in [0.3, 0.4) is 0 Å². The summed E-state index contributed by atoms with van der Waals surface area (Å²) < 4.78 is 11.4. The van der Waals surface area contributed by atoms with Crippen LogP contribution < -0.4 is 5.32 Å². The lowest BCUT2D eigenvalue weighted by atomic mass is 10.1. The maximum Gasteiger partial charge on any atom is 0.0234 e. The van der Waals surface area contributed by atoms with E-state index in [9.17, 15) is 4.21 Å². The third-order valence-corrected chi connectivity index (χ3v) is 3.97. The molecule has 2 atom stereocenters. The zero-order valence-electron chi connectivity index (χ0n) is 9.84. The molecule has 2 unspecified atom stereocenters. The Bertz CT molecular complexity index is 150. The van der Waals surface area contributed by atoms with E-state index in [2.05, 4.69) is 19.2 Å². The Morgan fingerprint density at radius 2 is 1.86 bits per heavy atom. The Morgan fingerprint density at radius 1 is 1.21 bits per heavy atom. The molecule has 0 aliphatic carbocycles. The Hall–Kier alpha value is 0.110. The molecule has 0 heterocycles. The number of nitrogens with one attached hydrogen (secondary N) is 1. The number of hydrogen-bond acceptors (Lipinski definition) is 2. The summed E-state index contributed by atoms with van der Waals surface area (Å²) >= 11 is 0. The van der Waals surface area contributed by atoms with Crippen LogP contribution in [0.25, 0.3) is 0 Å². The SMILES string of the molecule is CCCCS(=O)CCCCC(C)NC. The summed E-state index contributed by atoms with van der Waals surface area (Å²) in [5, 5.41) is 3.21. The van der Waals surface area contributed by atoms with Gasteiger partial charge in [-0.3, -0.25) is 4.21 Å². The molecule has 86 valence electrons. The van der Waals surface area contributed by atoms with E-state index in [1.165, 1.54) is 12.8 Å². The first-order chi connectivity index (χ1) is 6.70. The highest BCUT2D eigenvalue weighted by Gasteiger charge is 2.01. The average Bonchev–Trinajstić information content (AvgIpc) is 2.21. The topological polar surface area (TPSA) is 29.1 Å². The maximum atomic E-state index is 11.4. The Balaban J connectivity index is 3.22. The molecule has 2 nitrogen and oxygen atoms in total. The summed E-state index contributed by atoms with van der Waals surface area (Å²) in [5.41, 5.74) is 0. The Labute approximate surface area is 91.3 Å². The molecule has 0 aromatic rings. The maximum absolute atomic E-state index is 11.4. The highest BCUT2D eigenvalue weighted by atomic mass is 32.2. The molecule has 0 rings (SSSR count). The summed E-state index contributed by atoms with van der Waals surface area (Å²) in [6.07, 6.45) is 5.77. The lowest BCUT2D eigenvalue weighted by molar-refractivity contribution is 0.537. The molecule has 0 radical (unpaired) electrons. The van der Waals surface area contributed by atoms with Gasteiger partial charge in [-0.25, -0.2) is 0 Å². The molecular weight excluding hydrogens is 194 g/mol. The normalized spacial score (nSPS) is 15.4. The van der Waals surface area contributed by atoms with E-state index in [1.807, 2.05) is 7.05 Å². The van der Waals surface area contributed by atoms with Crippen LogP contribution >= 0.6 is 0 Å². The molecule has 0 aromatic heterocycles. The molecule has 0 aliphatic rings. The van der Waals surface area contributed by atoms with Gasteiger partial charge in [0.1, 0.15) is 0 Å². The summed E-state index contributed by atoms with van der Waals surface area (Å²) in [6, 6.07) is 0.596. The van der Waals surface area contributed by atoms with Gasteiger partial charge in [0.15, 0.2) is 0 Å². The van der Waals surface area contributed by atoms with Crippen LogP contribution in [0.4, 0.5) is 0 Å². The van der Waals surface area contributed by atoms with Crippen LogP contribution in [0.2, 0.25) is 0 Å². The minimum Gasteiger partial charge on any atom is -0.317 e. The van der Waals surface area contributed by atoms with Crippen molar-refractivity contribution in [3.05, 3.63) is 0 Å². The second kappa shape index (κ2) is 9.66. The predicted molar refractivity (Wildman–Crippen MR) is 65.2 cm³/mol. The fraction of sp³-hybridized carbons (Fsp3) is 1.00. The van der Waals surface area contributed by atoms with E-state index in [4.69, 9.17) is 0 Å². The molecular formula is C11H25NOS. The molecule has 0 aromatic carbocycles. The van der Waals surface area contributed by atoms with E-state index in [0.717, 1.165) is 30.8 Å². The minimum atomic E-state index is -0.557. The second-order valence-electron chi connectivity index (χ2n) is 3.89. The van der Waals surface area contributed by atoms with E-state index in [0.29, 0.717) is 6.04 Å². The van der Waals surface area contributed by atoms with Crippen LogP contribution in [0.5, 0.6) is 0 Å². The van der Waals surface area contributed by atoms with E-state index in [-0.39, 0.29) is 0 Å². The van der Waals surface area contributed by atoms with Gasteiger partial charge in [0.05, 0.1) is 0 Å². The second-order valence-corrected chi connectivity index (χ2v) is 5.58. The molecule has 0 aliphatic heterocycles. The van der Waals surface area contributed by atoms with Gasteiger partial charge >= 0.3 is 0 Å². The van der Waals surface area contributed by atoms with E-state index in [1.54, 1.807) is 0 Å². The highest BCUT2D eigenvalue weighted by Crippen LogP contribution is 2.02. The monoisotopic (exact) mass is 219 g/mol. The van der Waals surface area contributed by atoms with Gasteiger partial charge in [-0.1, -0.05) is 19.8 Å². The fourth-order valence-corrected chi connectivity index (χ4v) is 2.61. The molecule has 3 heteroatoms. The quantitative estimate of drug-likeness (QED) is 0.603. The number of hydrogen-bond donors (Lipinski definition) is 1. The standard InChI is InChI=1S/C11H25NOS/c1-4-5-9-14(13)10-7-6-8-11(2)12-3/h11-12H,4-10H2,1-3H3. The van der Waals surface area contributed by atoms with Crippen LogP contribution in [0, 0.1) is 0 Å². The largest absolute Gasteiger partial charge is 0.317 e. The fourth-order valence-electron chi connectivity index (χ4n) is 1.27. The van der Waals surface area contributed by atoms with Crippen molar-refractivity contribution in [2.45, 2.75) is 52.0 Å². The summed E-state index contributed by atoms with van der Waals surface area (Å²) in [7, 11) is 1.43. The summed E-state index contributed by atoms with van der Waals surface area (Å²) in [5.74, 6) is 1.80. The number of unbranched alkanes of at least 4 members (excludes halogenated alkanes) is 2. The van der Waals surface area contributed by atoms with Crippen molar-refractivity contribution >= 4 is 10.8 Å². The van der Waals surface area contributed by atoms with Gasteiger partial charge in [-0.05, 0) is 33.2 Å². The van der Waals surface area contributed by atoms with Crippen LogP contribution in [-0.4, -0.2) is 28.8 Å². The summed E-state index contributed by atoms with van der Waals surface area (Å²) in [6.45, 7) is 4.33. The molecule has 0 spiro atoms. The van der Waals surface area contributed by atoms with Crippen LogP contribution in [0.1, 0.15) is 46.0 Å². The van der Waals surface area contributed by atoms with Gasteiger partial charge in [0, 0.05) is 28.3 Å². The van der Waals surface area contributed by atoms with Gasteiger partial charge < -0.3 is 5.32 Å². The first kappa shape index (κ1) is 14.1. The van der Waals surface area contributed by atoms with Gasteiger partial charge in [-0.15, -0.1) is 0 Å². The van der Waals surface area contributed by atoms with E-state index < -0.39 is 10.8 Å². The van der Waals surface area contributed by atoms with Crippen molar-refractivity contribution in [3.63, 3.8) is 0 Å². The summed E-state index contributed by atoms with van der Waals surface area (Å²) in [4.78, 5) is 0. The molecule has 0 bridgehead atoms. The molecule has 0 fully saturated rings. The predicted octanol–water partition coefficient (Wildman–Crippen LogP) is 2.31. The van der Waals surface area contributed by atoms with Crippen molar-refractivity contribution in [3.8, 4) is 0 Å². The van der Waals surface area contributed by atoms with Gasteiger partial charge in [0.2, 0.25) is 0 Å².